The third-order valence-electron chi connectivity index (χ3n) is 16.5. The maximum Gasteiger partial charge on any atom is 0.340 e. The third kappa shape index (κ3) is 2.97. The van der Waals surface area contributed by atoms with Crippen LogP contribution in [0.5, 0.6) is 0 Å². The van der Waals surface area contributed by atoms with E-state index in [9.17, 15) is 4.79 Å². The van der Waals surface area contributed by atoms with Gasteiger partial charge < -0.3 is 10.5 Å². The number of carbonyl (C=O) groups is 1. The van der Waals surface area contributed by atoms with E-state index in [1.807, 2.05) is 24.3 Å². The SMILES string of the molecule is CC1(C)C2CCC(C)(C3CC4CC(C4(C)C)C3(C)C3(C)C(OC(=O)c4ccccc4N)CC4CC3C4(C)C)C1C2. The van der Waals surface area contributed by atoms with Gasteiger partial charge in [0.2, 0.25) is 0 Å². The Hall–Kier alpha value is -1.51. The maximum absolute atomic E-state index is 13.8. The number of hydrogen-bond acceptors (Lipinski definition) is 3. The average molecular weight is 546 g/mol. The zero-order valence-electron chi connectivity index (χ0n) is 26.8. The van der Waals surface area contributed by atoms with Gasteiger partial charge in [-0.1, -0.05) is 74.4 Å². The van der Waals surface area contributed by atoms with Crippen LogP contribution in [0.4, 0.5) is 5.69 Å². The van der Waals surface area contributed by atoms with Crippen LogP contribution in [-0.4, -0.2) is 12.1 Å². The van der Waals surface area contributed by atoms with Crippen LogP contribution in [0.25, 0.3) is 0 Å². The van der Waals surface area contributed by atoms with E-state index in [4.69, 9.17) is 10.5 Å². The van der Waals surface area contributed by atoms with Crippen LogP contribution in [0.3, 0.4) is 0 Å². The molecular weight excluding hydrogens is 490 g/mol. The molecule has 0 radical (unpaired) electrons. The monoisotopic (exact) mass is 545 g/mol. The van der Waals surface area contributed by atoms with Crippen molar-refractivity contribution in [2.24, 2.45) is 73.9 Å². The minimum Gasteiger partial charge on any atom is -0.458 e. The minimum absolute atomic E-state index is 0.0637. The molecule has 6 bridgehead atoms. The zero-order valence-corrected chi connectivity index (χ0v) is 26.8. The highest BCUT2D eigenvalue weighted by atomic mass is 16.5. The Bertz CT molecular complexity index is 1240. The summed E-state index contributed by atoms with van der Waals surface area (Å²) in [4.78, 5) is 13.8. The van der Waals surface area contributed by atoms with Gasteiger partial charge in [0.25, 0.3) is 0 Å². The summed E-state index contributed by atoms with van der Waals surface area (Å²) in [5.74, 6) is 4.86. The van der Waals surface area contributed by atoms with Gasteiger partial charge in [-0.05, 0) is 126 Å². The van der Waals surface area contributed by atoms with Crippen molar-refractivity contribution in [1.29, 1.82) is 0 Å². The van der Waals surface area contributed by atoms with Gasteiger partial charge in [-0.2, -0.15) is 0 Å². The van der Waals surface area contributed by atoms with Crippen LogP contribution >= 0.6 is 0 Å². The fraction of sp³-hybridized carbons (Fsp3) is 0.811. The molecule has 11 atom stereocenters. The number of hydrogen-bond donors (Lipinski definition) is 1. The van der Waals surface area contributed by atoms with E-state index in [-0.39, 0.29) is 28.3 Å². The lowest BCUT2D eigenvalue weighted by Gasteiger charge is -2.81. The number of nitrogen functional groups attached to an aromatic ring is 1. The summed E-state index contributed by atoms with van der Waals surface area (Å²) >= 11 is 0. The highest BCUT2D eigenvalue weighted by molar-refractivity contribution is 5.95. The normalized spacial score (nSPS) is 50.5. The summed E-state index contributed by atoms with van der Waals surface area (Å²) in [6, 6.07) is 7.46. The summed E-state index contributed by atoms with van der Waals surface area (Å²) in [6.07, 6.45) is 9.12. The first kappa shape index (κ1) is 27.3. The van der Waals surface area contributed by atoms with Crippen LogP contribution < -0.4 is 5.73 Å². The molecule has 0 amide bonds. The van der Waals surface area contributed by atoms with Crippen molar-refractivity contribution in [3.8, 4) is 0 Å². The van der Waals surface area contributed by atoms with Gasteiger partial charge in [0.15, 0.2) is 0 Å². The zero-order chi connectivity index (χ0) is 28.8. The summed E-state index contributed by atoms with van der Waals surface area (Å²) in [7, 11) is 0. The Balaban J connectivity index is 1.35. The Kier molecular flexibility index (Phi) is 5.40. The maximum atomic E-state index is 13.8. The predicted molar refractivity (Wildman–Crippen MR) is 162 cm³/mol. The molecule has 1 aromatic rings. The van der Waals surface area contributed by atoms with Crippen molar-refractivity contribution in [3.05, 3.63) is 29.8 Å². The van der Waals surface area contributed by atoms with Gasteiger partial charge >= 0.3 is 5.97 Å². The van der Waals surface area contributed by atoms with E-state index in [0.29, 0.717) is 51.2 Å². The Morgan fingerprint density at radius 2 is 1.23 bits per heavy atom. The molecule has 0 saturated heterocycles. The molecule has 2 N–H and O–H groups in total. The standard InChI is InChI=1S/C37H55NO2/c1-32(2)21-14-15-35(7,26(32)16-21)29-19-22-17-27(33(22,3)4)36(29,8)37(9)28-18-23(34(28,5)6)20-30(37)40-31(39)24-12-10-11-13-25(24)38/h10-13,21-23,26-30H,14-20,38H2,1-9H3. The van der Waals surface area contributed by atoms with Crippen molar-refractivity contribution in [1.82, 2.24) is 0 Å². The van der Waals surface area contributed by atoms with Gasteiger partial charge in [-0.15, -0.1) is 0 Å². The number of nitrogens with two attached hydrogens (primary N) is 1. The second-order valence-corrected chi connectivity index (χ2v) is 18.0. The highest BCUT2D eigenvalue weighted by Gasteiger charge is 2.79. The Morgan fingerprint density at radius 1 is 0.700 bits per heavy atom. The largest absolute Gasteiger partial charge is 0.458 e. The van der Waals surface area contributed by atoms with Crippen LogP contribution in [0.1, 0.15) is 118 Å². The van der Waals surface area contributed by atoms with Gasteiger partial charge in [0.1, 0.15) is 6.10 Å². The lowest BCUT2D eigenvalue weighted by molar-refractivity contribution is -0.344. The minimum atomic E-state index is -0.220. The lowest BCUT2D eigenvalue weighted by atomic mass is 9.23. The molecule has 220 valence electrons. The summed E-state index contributed by atoms with van der Waals surface area (Å²) in [5.41, 5.74) is 8.82. The van der Waals surface area contributed by atoms with E-state index >= 15 is 0 Å². The molecule has 9 fully saturated rings. The number of rotatable bonds is 4. The fourth-order valence-electron chi connectivity index (χ4n) is 13.5. The van der Waals surface area contributed by atoms with Gasteiger partial charge in [0.05, 0.1) is 5.56 Å². The molecule has 0 heterocycles. The first-order chi connectivity index (χ1) is 18.5. The van der Waals surface area contributed by atoms with Gasteiger partial charge in [-0.25, -0.2) is 4.79 Å². The van der Waals surface area contributed by atoms with Crippen LogP contribution in [0.2, 0.25) is 0 Å². The highest BCUT2D eigenvalue weighted by Crippen LogP contribution is 2.83. The molecule has 9 aliphatic rings. The summed E-state index contributed by atoms with van der Waals surface area (Å²) < 4.78 is 6.75. The van der Waals surface area contributed by atoms with Gasteiger partial charge in [-0.3, -0.25) is 0 Å². The molecule has 0 aliphatic heterocycles. The van der Waals surface area contributed by atoms with Crippen molar-refractivity contribution < 1.29 is 9.53 Å². The van der Waals surface area contributed by atoms with Crippen molar-refractivity contribution in [3.63, 3.8) is 0 Å². The summed E-state index contributed by atoms with van der Waals surface area (Å²) in [6.45, 7) is 23.4. The van der Waals surface area contributed by atoms with Crippen LogP contribution in [0, 0.1) is 73.9 Å². The molecule has 40 heavy (non-hydrogen) atoms. The van der Waals surface area contributed by atoms with E-state index in [2.05, 4.69) is 62.3 Å². The molecule has 0 aromatic heterocycles. The van der Waals surface area contributed by atoms with E-state index in [1.54, 1.807) is 0 Å². The van der Waals surface area contributed by atoms with Crippen molar-refractivity contribution in [2.45, 2.75) is 113 Å². The first-order valence-corrected chi connectivity index (χ1v) is 16.6. The molecule has 3 heteroatoms. The van der Waals surface area contributed by atoms with E-state index in [1.165, 1.54) is 38.5 Å². The number of para-hydroxylation sites is 1. The molecular formula is C37H55NO2. The molecule has 0 spiro atoms. The van der Waals surface area contributed by atoms with Crippen molar-refractivity contribution >= 4 is 11.7 Å². The number of fused-ring (bicyclic) bond motifs is 8. The molecule has 1 aromatic carbocycles. The lowest BCUT2D eigenvalue weighted by Crippen LogP contribution is -2.77. The van der Waals surface area contributed by atoms with Crippen LogP contribution in [-0.2, 0) is 4.74 Å². The fourth-order valence-corrected chi connectivity index (χ4v) is 13.5. The second kappa shape index (κ2) is 7.90. The second-order valence-electron chi connectivity index (χ2n) is 18.0. The van der Waals surface area contributed by atoms with E-state index in [0.717, 1.165) is 24.2 Å². The Labute approximate surface area is 243 Å². The molecule has 9 saturated carbocycles. The molecule has 10 rings (SSSR count). The van der Waals surface area contributed by atoms with Gasteiger partial charge in [0, 0.05) is 11.1 Å². The summed E-state index contributed by atoms with van der Waals surface area (Å²) in [5, 5.41) is 0. The first-order valence-electron chi connectivity index (χ1n) is 16.6. The predicted octanol–water partition coefficient (Wildman–Crippen LogP) is 9.02. The molecule has 11 unspecified atom stereocenters. The number of benzene rings is 1. The molecule has 3 nitrogen and oxygen atoms in total. The smallest absolute Gasteiger partial charge is 0.340 e. The van der Waals surface area contributed by atoms with Crippen molar-refractivity contribution in [2.75, 3.05) is 5.73 Å². The number of carbonyl (C=O) groups excluding carboxylic acids is 1. The number of anilines is 1. The third-order valence-corrected chi connectivity index (χ3v) is 16.5. The quantitative estimate of drug-likeness (QED) is 0.303. The Morgan fingerprint density at radius 3 is 1.80 bits per heavy atom. The average Bonchev–Trinajstić information content (AvgIpc) is 2.88. The van der Waals surface area contributed by atoms with E-state index < -0.39 is 0 Å². The number of esters is 1. The van der Waals surface area contributed by atoms with Crippen LogP contribution in [0.15, 0.2) is 24.3 Å². The molecule has 9 aliphatic carbocycles. The topological polar surface area (TPSA) is 52.3 Å². The number of ether oxygens (including phenoxy) is 1.